The lowest BCUT2D eigenvalue weighted by molar-refractivity contribution is 0.116. The van der Waals surface area contributed by atoms with Crippen LogP contribution in [0.5, 0.6) is 0 Å². The molecule has 1 aliphatic heterocycles. The number of hydrogen-bond acceptors (Lipinski definition) is 7. The van der Waals surface area contributed by atoms with Crippen LogP contribution in [0.4, 0.5) is 23.2 Å². The van der Waals surface area contributed by atoms with Gasteiger partial charge in [0.2, 0.25) is 5.89 Å². The van der Waals surface area contributed by atoms with Gasteiger partial charge in [-0.3, -0.25) is 4.90 Å². The van der Waals surface area contributed by atoms with E-state index in [0.29, 0.717) is 23.0 Å². The molecular formula is C26H25F4N7O. The maximum absolute atomic E-state index is 15.6. The van der Waals surface area contributed by atoms with Crippen LogP contribution in [-0.2, 0) is 6.54 Å². The van der Waals surface area contributed by atoms with E-state index in [0.717, 1.165) is 32.2 Å². The van der Waals surface area contributed by atoms with E-state index in [2.05, 4.69) is 30.3 Å². The summed E-state index contributed by atoms with van der Waals surface area (Å²) in [5.41, 5.74) is 1.68. The van der Waals surface area contributed by atoms with Crippen LogP contribution in [0.1, 0.15) is 37.1 Å². The molecule has 0 spiro atoms. The standard InChI is InChI=1S/C26H25F4N7O/c27-20-13-16(25-32-33-26(38-25)24(29)30)7-8-17(20)14-37-15-21(31-34-37)19-5-2-6-22(23(19)28)36-11-9-35(10-12-36)18-3-1-4-18/h2,5-8,13,15,18,24H,1,3-4,9-12,14H2. The highest BCUT2D eigenvalue weighted by molar-refractivity contribution is 5.66. The molecule has 0 radical (unpaired) electrons. The van der Waals surface area contributed by atoms with Crippen molar-refractivity contribution in [2.75, 3.05) is 31.1 Å². The molecule has 6 rings (SSSR count). The fraction of sp³-hybridized carbons (Fsp3) is 0.385. The van der Waals surface area contributed by atoms with Crippen LogP contribution >= 0.6 is 0 Å². The molecule has 1 saturated carbocycles. The van der Waals surface area contributed by atoms with Gasteiger partial charge in [0.1, 0.15) is 11.5 Å². The number of hydrogen-bond donors (Lipinski definition) is 0. The van der Waals surface area contributed by atoms with Gasteiger partial charge in [0.15, 0.2) is 5.82 Å². The van der Waals surface area contributed by atoms with Crippen molar-refractivity contribution in [1.82, 2.24) is 30.1 Å². The van der Waals surface area contributed by atoms with Crippen molar-refractivity contribution in [3.05, 3.63) is 65.7 Å². The van der Waals surface area contributed by atoms with E-state index in [4.69, 9.17) is 4.42 Å². The van der Waals surface area contributed by atoms with E-state index >= 15 is 4.39 Å². The van der Waals surface area contributed by atoms with E-state index in [9.17, 15) is 13.2 Å². The molecule has 2 fully saturated rings. The van der Waals surface area contributed by atoms with E-state index in [1.807, 2.05) is 0 Å². The maximum atomic E-state index is 15.6. The van der Waals surface area contributed by atoms with Gasteiger partial charge in [-0.1, -0.05) is 23.8 Å². The molecule has 2 aromatic heterocycles. The maximum Gasteiger partial charge on any atom is 0.314 e. The fourth-order valence-electron chi connectivity index (χ4n) is 4.96. The van der Waals surface area contributed by atoms with Crippen molar-refractivity contribution in [1.29, 1.82) is 0 Å². The molecular weight excluding hydrogens is 502 g/mol. The molecule has 0 atom stereocenters. The van der Waals surface area contributed by atoms with Crippen molar-refractivity contribution in [2.45, 2.75) is 38.3 Å². The second-order valence-corrected chi connectivity index (χ2v) is 9.60. The van der Waals surface area contributed by atoms with Crippen LogP contribution in [-0.4, -0.2) is 62.3 Å². The smallest absolute Gasteiger partial charge is 0.314 e. The molecule has 2 aromatic carbocycles. The number of anilines is 1. The zero-order valence-electron chi connectivity index (χ0n) is 20.4. The first-order valence-corrected chi connectivity index (χ1v) is 12.5. The monoisotopic (exact) mass is 527 g/mol. The zero-order chi connectivity index (χ0) is 26.2. The second kappa shape index (κ2) is 10.2. The van der Waals surface area contributed by atoms with Crippen LogP contribution in [0.15, 0.2) is 47.0 Å². The van der Waals surface area contributed by atoms with Gasteiger partial charge in [-0.15, -0.1) is 15.3 Å². The average Bonchev–Trinajstić information content (AvgIpc) is 3.56. The van der Waals surface area contributed by atoms with Gasteiger partial charge >= 0.3 is 6.43 Å². The Kier molecular flexibility index (Phi) is 6.56. The predicted octanol–water partition coefficient (Wildman–Crippen LogP) is 4.93. The minimum atomic E-state index is -2.91. The predicted molar refractivity (Wildman–Crippen MR) is 131 cm³/mol. The Labute approximate surface area is 215 Å². The van der Waals surface area contributed by atoms with Crippen LogP contribution in [0.3, 0.4) is 0 Å². The lowest BCUT2D eigenvalue weighted by Crippen LogP contribution is -2.52. The number of halogens is 4. The lowest BCUT2D eigenvalue weighted by Gasteiger charge is -2.43. The summed E-state index contributed by atoms with van der Waals surface area (Å²) in [5, 5.41) is 15.0. The molecule has 0 N–H and O–H groups in total. The van der Waals surface area contributed by atoms with E-state index in [1.54, 1.807) is 24.4 Å². The zero-order valence-corrected chi connectivity index (χ0v) is 20.4. The SMILES string of the molecule is Fc1cc(-c2nnc(C(F)F)o2)ccc1Cn1cc(-c2cccc(N3CCN(C4CCC4)CC3)c2F)nn1. The summed E-state index contributed by atoms with van der Waals surface area (Å²) in [6.07, 6.45) is 2.47. The highest BCUT2D eigenvalue weighted by Gasteiger charge is 2.29. The van der Waals surface area contributed by atoms with Gasteiger partial charge in [0.05, 0.1) is 18.4 Å². The molecule has 8 nitrogen and oxygen atoms in total. The van der Waals surface area contributed by atoms with Crippen molar-refractivity contribution < 1.29 is 22.0 Å². The molecule has 2 aliphatic rings. The van der Waals surface area contributed by atoms with E-state index in [1.165, 1.54) is 36.1 Å². The summed E-state index contributed by atoms with van der Waals surface area (Å²) >= 11 is 0. The van der Waals surface area contributed by atoms with Crippen molar-refractivity contribution >= 4 is 5.69 Å². The first-order chi connectivity index (χ1) is 18.5. The number of rotatable bonds is 7. The molecule has 0 bridgehead atoms. The number of alkyl halides is 2. The Morgan fingerprint density at radius 3 is 2.47 bits per heavy atom. The van der Waals surface area contributed by atoms with Gasteiger partial charge in [-0.05, 0) is 37.1 Å². The van der Waals surface area contributed by atoms with E-state index in [-0.39, 0.29) is 29.4 Å². The normalized spacial score (nSPS) is 16.8. The van der Waals surface area contributed by atoms with Crippen LogP contribution < -0.4 is 4.90 Å². The van der Waals surface area contributed by atoms with E-state index < -0.39 is 18.1 Å². The molecule has 0 unspecified atom stereocenters. The molecule has 12 heteroatoms. The molecule has 0 amide bonds. The number of nitrogens with zero attached hydrogens (tertiary/aromatic N) is 7. The Morgan fingerprint density at radius 2 is 1.79 bits per heavy atom. The minimum Gasteiger partial charge on any atom is -0.415 e. The summed E-state index contributed by atoms with van der Waals surface area (Å²) < 4.78 is 62.0. The third-order valence-electron chi connectivity index (χ3n) is 7.30. The highest BCUT2D eigenvalue weighted by Crippen LogP contribution is 2.31. The van der Waals surface area contributed by atoms with Gasteiger partial charge in [0.25, 0.3) is 5.89 Å². The first kappa shape index (κ1) is 24.5. The summed E-state index contributed by atoms with van der Waals surface area (Å²) in [5.74, 6) is -1.99. The Morgan fingerprint density at radius 1 is 0.974 bits per heavy atom. The Hall–Kier alpha value is -3.80. The van der Waals surface area contributed by atoms with Gasteiger partial charge in [-0.25, -0.2) is 13.5 Å². The Balaban J connectivity index is 1.16. The van der Waals surface area contributed by atoms with Crippen LogP contribution in [0.25, 0.3) is 22.7 Å². The minimum absolute atomic E-state index is 0.0374. The van der Waals surface area contributed by atoms with Crippen LogP contribution in [0.2, 0.25) is 0 Å². The molecule has 198 valence electrons. The van der Waals surface area contributed by atoms with Gasteiger partial charge < -0.3 is 9.32 Å². The summed E-state index contributed by atoms with van der Waals surface area (Å²) in [4.78, 5) is 4.57. The van der Waals surface area contributed by atoms with Crippen molar-refractivity contribution in [3.63, 3.8) is 0 Å². The number of benzene rings is 2. The molecule has 1 saturated heterocycles. The largest absolute Gasteiger partial charge is 0.415 e. The van der Waals surface area contributed by atoms with Crippen molar-refractivity contribution in [3.8, 4) is 22.7 Å². The summed E-state index contributed by atoms with van der Waals surface area (Å²) in [7, 11) is 0. The summed E-state index contributed by atoms with van der Waals surface area (Å²) in [6, 6.07) is 10.0. The summed E-state index contributed by atoms with van der Waals surface area (Å²) in [6.45, 7) is 3.43. The average molecular weight is 528 g/mol. The van der Waals surface area contributed by atoms with Gasteiger partial charge in [-0.2, -0.15) is 8.78 Å². The molecule has 3 heterocycles. The number of piperazine rings is 1. The Bertz CT molecular complexity index is 1430. The third-order valence-corrected chi connectivity index (χ3v) is 7.30. The molecule has 4 aromatic rings. The molecule has 38 heavy (non-hydrogen) atoms. The quantitative estimate of drug-likeness (QED) is 0.316. The fourth-order valence-corrected chi connectivity index (χ4v) is 4.96. The first-order valence-electron chi connectivity index (χ1n) is 12.5. The van der Waals surface area contributed by atoms with Crippen molar-refractivity contribution in [2.24, 2.45) is 0 Å². The number of aromatic nitrogens is 5. The van der Waals surface area contributed by atoms with Gasteiger partial charge in [0, 0.05) is 48.9 Å². The van der Waals surface area contributed by atoms with Crippen LogP contribution in [0, 0.1) is 11.6 Å². The lowest BCUT2D eigenvalue weighted by atomic mass is 9.91. The second-order valence-electron chi connectivity index (χ2n) is 9.60. The topological polar surface area (TPSA) is 76.1 Å². The molecule has 1 aliphatic carbocycles. The highest BCUT2D eigenvalue weighted by atomic mass is 19.3. The third kappa shape index (κ3) is 4.75.